The van der Waals surface area contributed by atoms with Crippen LogP contribution in [-0.2, 0) is 6.42 Å². The Morgan fingerprint density at radius 1 is 1.33 bits per heavy atom. The molecular formula is C18H28N2S. The zero-order valence-electron chi connectivity index (χ0n) is 13.4. The molecule has 116 valence electrons. The maximum atomic E-state index is 4.56. The minimum absolute atomic E-state index is 0.556. The van der Waals surface area contributed by atoms with Crippen LogP contribution in [0.2, 0.25) is 0 Å². The fourth-order valence-electron chi connectivity index (χ4n) is 6.49. The molecule has 1 N–H and O–H groups in total. The van der Waals surface area contributed by atoms with Crippen LogP contribution in [0.4, 0.5) is 0 Å². The Kier molecular flexibility index (Phi) is 3.42. The van der Waals surface area contributed by atoms with Gasteiger partial charge in [0.2, 0.25) is 0 Å². The third kappa shape index (κ3) is 2.46. The molecule has 5 rings (SSSR count). The van der Waals surface area contributed by atoms with Crippen LogP contribution in [0, 0.1) is 22.7 Å². The van der Waals surface area contributed by atoms with Crippen molar-refractivity contribution in [2.24, 2.45) is 22.7 Å². The molecule has 4 aliphatic rings. The molecule has 1 heterocycles. The maximum Gasteiger partial charge on any atom is 0.0940 e. The van der Waals surface area contributed by atoms with Crippen molar-refractivity contribution in [3.05, 3.63) is 16.6 Å². The average Bonchev–Trinajstić information content (AvgIpc) is 2.88. The van der Waals surface area contributed by atoms with Gasteiger partial charge in [-0.15, -0.1) is 11.3 Å². The number of thiazole rings is 1. The van der Waals surface area contributed by atoms with Crippen molar-refractivity contribution < 1.29 is 0 Å². The lowest BCUT2D eigenvalue weighted by molar-refractivity contribution is -0.117. The summed E-state index contributed by atoms with van der Waals surface area (Å²) in [5.41, 5.74) is 1.20. The predicted molar refractivity (Wildman–Crippen MR) is 88.5 cm³/mol. The van der Waals surface area contributed by atoms with E-state index in [4.69, 9.17) is 0 Å². The molecule has 1 aromatic rings. The number of likely N-dealkylation sites (N-methyl/N-ethyl adjacent to an activating group) is 1. The van der Waals surface area contributed by atoms with Crippen molar-refractivity contribution in [1.29, 1.82) is 0 Å². The summed E-state index contributed by atoms with van der Waals surface area (Å²) in [5, 5.41) is 7.31. The van der Waals surface area contributed by atoms with Crippen LogP contribution >= 0.6 is 11.3 Å². The van der Waals surface area contributed by atoms with Gasteiger partial charge >= 0.3 is 0 Å². The van der Waals surface area contributed by atoms with Crippen LogP contribution in [0.15, 0.2) is 11.6 Å². The highest BCUT2D eigenvalue weighted by molar-refractivity contribution is 7.09. The van der Waals surface area contributed by atoms with Crippen LogP contribution in [0.1, 0.15) is 57.4 Å². The Morgan fingerprint density at radius 2 is 2.10 bits per heavy atom. The number of rotatable bonds is 5. The lowest BCUT2D eigenvalue weighted by atomic mass is 9.43. The lowest BCUT2D eigenvalue weighted by Gasteiger charge is -2.63. The highest BCUT2D eigenvalue weighted by Gasteiger charge is 2.58. The second-order valence-corrected chi connectivity index (χ2v) is 9.35. The predicted octanol–water partition coefficient (Wildman–Crippen LogP) is 4.27. The Morgan fingerprint density at radius 3 is 2.67 bits per heavy atom. The molecule has 3 unspecified atom stereocenters. The summed E-state index contributed by atoms with van der Waals surface area (Å²) in [6.45, 7) is 5.92. The molecule has 2 nitrogen and oxygen atoms in total. The summed E-state index contributed by atoms with van der Waals surface area (Å²) in [6, 6.07) is 0.638. The molecular weight excluding hydrogens is 276 g/mol. The average molecular weight is 305 g/mol. The largest absolute Gasteiger partial charge is 0.313 e. The zero-order valence-corrected chi connectivity index (χ0v) is 14.2. The van der Waals surface area contributed by atoms with Crippen LogP contribution < -0.4 is 5.32 Å². The number of hydrogen-bond donors (Lipinski definition) is 1. The van der Waals surface area contributed by atoms with Gasteiger partial charge < -0.3 is 5.32 Å². The van der Waals surface area contributed by atoms with E-state index in [1.165, 1.54) is 43.5 Å². The summed E-state index contributed by atoms with van der Waals surface area (Å²) >= 11 is 1.83. The first-order chi connectivity index (χ1) is 10.1. The van der Waals surface area contributed by atoms with Gasteiger partial charge in [0.1, 0.15) is 0 Å². The molecule has 0 radical (unpaired) electrons. The third-order valence-electron chi connectivity index (χ3n) is 6.45. The standard InChI is InChI=1S/C18H28N2S/c1-3-19-15(7-16-20-4-5-21-16)18-10-13-6-14(11-18)9-17(2,8-13)12-18/h4-5,13-15,19H,3,6-12H2,1-2H3. The first-order valence-electron chi connectivity index (χ1n) is 8.73. The van der Waals surface area contributed by atoms with Gasteiger partial charge in [-0.1, -0.05) is 13.8 Å². The molecule has 3 heteroatoms. The first kappa shape index (κ1) is 14.2. The number of nitrogens with zero attached hydrogens (tertiary/aromatic N) is 1. The Labute approximate surface area is 132 Å². The zero-order chi connectivity index (χ0) is 14.5. The van der Waals surface area contributed by atoms with Crippen LogP contribution in [-0.4, -0.2) is 17.6 Å². The van der Waals surface area contributed by atoms with Crippen LogP contribution in [0.5, 0.6) is 0 Å². The number of aromatic nitrogens is 1. The fraction of sp³-hybridized carbons (Fsp3) is 0.833. The second-order valence-electron chi connectivity index (χ2n) is 8.37. The topological polar surface area (TPSA) is 24.9 Å². The summed E-state index contributed by atoms with van der Waals surface area (Å²) in [7, 11) is 0. The summed E-state index contributed by atoms with van der Waals surface area (Å²) < 4.78 is 0. The van der Waals surface area contributed by atoms with Crippen molar-refractivity contribution in [3.8, 4) is 0 Å². The van der Waals surface area contributed by atoms with Gasteiger partial charge in [-0.05, 0) is 67.7 Å². The van der Waals surface area contributed by atoms with E-state index in [1.807, 2.05) is 17.5 Å². The minimum Gasteiger partial charge on any atom is -0.313 e. The molecule has 0 spiro atoms. The molecule has 1 aromatic heterocycles. The highest BCUT2D eigenvalue weighted by Crippen LogP contribution is 2.66. The molecule has 4 aliphatic carbocycles. The lowest BCUT2D eigenvalue weighted by Crippen LogP contribution is -2.59. The first-order valence-corrected chi connectivity index (χ1v) is 9.61. The van der Waals surface area contributed by atoms with E-state index in [-0.39, 0.29) is 0 Å². The SMILES string of the molecule is CCNC(Cc1nccs1)C12CC3CC(CC(C)(C3)C1)C2. The maximum absolute atomic E-state index is 4.56. The van der Waals surface area contributed by atoms with Gasteiger partial charge in [0.25, 0.3) is 0 Å². The fourth-order valence-corrected chi connectivity index (χ4v) is 7.15. The second kappa shape index (κ2) is 5.06. The van der Waals surface area contributed by atoms with Crippen molar-refractivity contribution in [2.45, 2.75) is 64.8 Å². The summed E-state index contributed by atoms with van der Waals surface area (Å²) in [5.74, 6) is 2.02. The Hall–Kier alpha value is -0.410. The van der Waals surface area contributed by atoms with Gasteiger partial charge in [-0.2, -0.15) is 0 Å². The number of hydrogen-bond acceptors (Lipinski definition) is 3. The Balaban J connectivity index is 1.62. The number of nitrogens with one attached hydrogen (secondary N) is 1. The minimum atomic E-state index is 0.556. The smallest absolute Gasteiger partial charge is 0.0940 e. The summed E-state index contributed by atoms with van der Waals surface area (Å²) in [6.07, 6.45) is 12.0. The van der Waals surface area contributed by atoms with E-state index in [0.29, 0.717) is 16.9 Å². The van der Waals surface area contributed by atoms with Crippen LogP contribution in [0.3, 0.4) is 0 Å². The molecule has 0 aromatic carbocycles. The van der Waals surface area contributed by atoms with Crippen molar-refractivity contribution >= 4 is 11.3 Å². The van der Waals surface area contributed by atoms with E-state index in [0.717, 1.165) is 24.8 Å². The molecule has 4 fully saturated rings. The van der Waals surface area contributed by atoms with E-state index in [9.17, 15) is 0 Å². The van der Waals surface area contributed by atoms with Gasteiger partial charge in [0.15, 0.2) is 0 Å². The molecule has 4 bridgehead atoms. The van der Waals surface area contributed by atoms with Crippen molar-refractivity contribution in [2.75, 3.05) is 6.54 Å². The van der Waals surface area contributed by atoms with Crippen molar-refractivity contribution in [3.63, 3.8) is 0 Å². The molecule has 0 aliphatic heterocycles. The van der Waals surface area contributed by atoms with Crippen LogP contribution in [0.25, 0.3) is 0 Å². The van der Waals surface area contributed by atoms with E-state index < -0.39 is 0 Å². The van der Waals surface area contributed by atoms with Gasteiger partial charge in [0.05, 0.1) is 5.01 Å². The summed E-state index contributed by atoms with van der Waals surface area (Å²) in [4.78, 5) is 4.56. The van der Waals surface area contributed by atoms with Crippen molar-refractivity contribution in [1.82, 2.24) is 10.3 Å². The van der Waals surface area contributed by atoms with E-state index in [1.54, 1.807) is 0 Å². The molecule has 0 saturated heterocycles. The van der Waals surface area contributed by atoms with Gasteiger partial charge in [-0.3, -0.25) is 0 Å². The normalized spacial score (nSPS) is 42.4. The molecule has 4 saturated carbocycles. The molecule has 21 heavy (non-hydrogen) atoms. The van der Waals surface area contributed by atoms with E-state index >= 15 is 0 Å². The highest BCUT2D eigenvalue weighted by atomic mass is 32.1. The monoisotopic (exact) mass is 304 g/mol. The Bertz CT molecular complexity index is 481. The van der Waals surface area contributed by atoms with Gasteiger partial charge in [0, 0.05) is 24.0 Å². The third-order valence-corrected chi connectivity index (χ3v) is 7.25. The molecule has 3 atom stereocenters. The quantitative estimate of drug-likeness (QED) is 0.878. The van der Waals surface area contributed by atoms with E-state index in [2.05, 4.69) is 29.5 Å². The van der Waals surface area contributed by atoms with Gasteiger partial charge in [-0.25, -0.2) is 4.98 Å². The molecule has 0 amide bonds.